The van der Waals surface area contributed by atoms with Gasteiger partial charge < -0.3 is 15.5 Å². The summed E-state index contributed by atoms with van der Waals surface area (Å²) >= 11 is 0. The van der Waals surface area contributed by atoms with Gasteiger partial charge in [-0.05, 0) is 31.9 Å². The zero-order chi connectivity index (χ0) is 10.0. The van der Waals surface area contributed by atoms with E-state index in [1.165, 1.54) is 0 Å². The van der Waals surface area contributed by atoms with Crippen molar-refractivity contribution in [2.45, 2.75) is 37.8 Å². The fraction of sp³-hybridized carbons (Fsp3) is 0.636. The number of furan rings is 1. The van der Waals surface area contributed by atoms with E-state index in [4.69, 9.17) is 10.2 Å². The fourth-order valence-electron chi connectivity index (χ4n) is 1.52. The molecule has 1 aliphatic carbocycles. The zero-order valence-corrected chi connectivity index (χ0v) is 8.62. The van der Waals surface area contributed by atoms with E-state index < -0.39 is 0 Å². The topological polar surface area (TPSA) is 51.2 Å². The van der Waals surface area contributed by atoms with E-state index in [-0.39, 0.29) is 5.54 Å². The molecule has 1 saturated carbocycles. The molecule has 3 N–H and O–H groups in total. The number of nitrogens with two attached hydrogens (primary N) is 1. The van der Waals surface area contributed by atoms with Crippen LogP contribution in [0.3, 0.4) is 0 Å². The summed E-state index contributed by atoms with van der Waals surface area (Å²) in [7, 11) is 0. The molecule has 1 aromatic heterocycles. The standard InChI is InChI=1S/C11H18N2O/c1-9(7-10-3-2-6-14-10)13-8-11(12)4-5-11/h2-3,6,9,13H,4-5,7-8,12H2,1H3. The van der Waals surface area contributed by atoms with Crippen LogP contribution in [-0.2, 0) is 6.42 Å². The first-order valence-electron chi connectivity index (χ1n) is 5.23. The van der Waals surface area contributed by atoms with Crippen molar-refractivity contribution in [2.75, 3.05) is 6.54 Å². The highest BCUT2D eigenvalue weighted by Gasteiger charge is 2.37. The number of hydrogen-bond acceptors (Lipinski definition) is 3. The Morgan fingerprint density at radius 2 is 2.43 bits per heavy atom. The predicted octanol–water partition coefficient (Wildman–Crippen LogP) is 1.29. The maximum Gasteiger partial charge on any atom is 0.105 e. The zero-order valence-electron chi connectivity index (χ0n) is 8.62. The molecule has 0 radical (unpaired) electrons. The summed E-state index contributed by atoms with van der Waals surface area (Å²) in [5.41, 5.74) is 6.08. The molecule has 3 nitrogen and oxygen atoms in total. The molecular formula is C11H18N2O. The summed E-state index contributed by atoms with van der Waals surface area (Å²) in [6, 6.07) is 4.36. The van der Waals surface area contributed by atoms with Crippen LogP contribution in [0, 0.1) is 0 Å². The van der Waals surface area contributed by atoms with Gasteiger partial charge in [-0.25, -0.2) is 0 Å². The van der Waals surface area contributed by atoms with Crippen LogP contribution < -0.4 is 11.1 Å². The van der Waals surface area contributed by atoms with Gasteiger partial charge in [0.25, 0.3) is 0 Å². The molecule has 3 heteroatoms. The van der Waals surface area contributed by atoms with Crippen LogP contribution >= 0.6 is 0 Å². The van der Waals surface area contributed by atoms with Crippen LogP contribution in [0.25, 0.3) is 0 Å². The van der Waals surface area contributed by atoms with Crippen molar-refractivity contribution in [3.05, 3.63) is 24.2 Å². The van der Waals surface area contributed by atoms with Crippen molar-refractivity contribution >= 4 is 0 Å². The fourth-order valence-corrected chi connectivity index (χ4v) is 1.52. The highest BCUT2D eigenvalue weighted by molar-refractivity contribution is 5.03. The van der Waals surface area contributed by atoms with Gasteiger partial charge in [-0.2, -0.15) is 0 Å². The van der Waals surface area contributed by atoms with Gasteiger partial charge in [0.1, 0.15) is 5.76 Å². The van der Waals surface area contributed by atoms with Crippen molar-refractivity contribution in [3.63, 3.8) is 0 Å². The van der Waals surface area contributed by atoms with Crippen molar-refractivity contribution in [3.8, 4) is 0 Å². The van der Waals surface area contributed by atoms with E-state index in [0.717, 1.165) is 31.6 Å². The minimum Gasteiger partial charge on any atom is -0.469 e. The van der Waals surface area contributed by atoms with Gasteiger partial charge in [0.15, 0.2) is 0 Å². The van der Waals surface area contributed by atoms with Crippen LogP contribution in [0.2, 0.25) is 0 Å². The van der Waals surface area contributed by atoms with Gasteiger partial charge in [0.05, 0.1) is 6.26 Å². The SMILES string of the molecule is CC(Cc1ccco1)NCC1(N)CC1. The molecule has 78 valence electrons. The molecule has 2 rings (SSSR count). The van der Waals surface area contributed by atoms with Crippen LogP contribution in [0.15, 0.2) is 22.8 Å². The summed E-state index contributed by atoms with van der Waals surface area (Å²) < 4.78 is 5.28. The highest BCUT2D eigenvalue weighted by atomic mass is 16.3. The largest absolute Gasteiger partial charge is 0.469 e. The number of hydrogen-bond donors (Lipinski definition) is 2. The maximum absolute atomic E-state index is 5.98. The lowest BCUT2D eigenvalue weighted by Crippen LogP contribution is -2.40. The third-order valence-corrected chi connectivity index (χ3v) is 2.78. The summed E-state index contributed by atoms with van der Waals surface area (Å²) in [5.74, 6) is 1.03. The van der Waals surface area contributed by atoms with Crippen LogP contribution in [-0.4, -0.2) is 18.1 Å². The molecule has 0 saturated heterocycles. The third-order valence-electron chi connectivity index (χ3n) is 2.78. The van der Waals surface area contributed by atoms with Crippen LogP contribution in [0.5, 0.6) is 0 Å². The second kappa shape index (κ2) is 3.75. The summed E-state index contributed by atoms with van der Waals surface area (Å²) in [6.45, 7) is 3.09. The van der Waals surface area contributed by atoms with E-state index >= 15 is 0 Å². The predicted molar refractivity (Wildman–Crippen MR) is 56.0 cm³/mol. The van der Waals surface area contributed by atoms with E-state index in [9.17, 15) is 0 Å². The Morgan fingerprint density at radius 1 is 1.64 bits per heavy atom. The first kappa shape index (κ1) is 9.74. The maximum atomic E-state index is 5.98. The Hall–Kier alpha value is -0.800. The first-order chi connectivity index (χ1) is 6.68. The number of rotatable bonds is 5. The summed E-state index contributed by atoms with van der Waals surface area (Å²) in [6.07, 6.45) is 4.97. The molecule has 1 aromatic rings. The van der Waals surface area contributed by atoms with Crippen LogP contribution in [0.1, 0.15) is 25.5 Å². The lowest BCUT2D eigenvalue weighted by atomic mass is 10.2. The molecule has 14 heavy (non-hydrogen) atoms. The molecule has 0 aliphatic heterocycles. The van der Waals surface area contributed by atoms with E-state index in [0.29, 0.717) is 6.04 Å². The normalized spacial score (nSPS) is 20.7. The average molecular weight is 194 g/mol. The molecule has 1 unspecified atom stereocenters. The van der Waals surface area contributed by atoms with E-state index in [2.05, 4.69) is 12.2 Å². The average Bonchev–Trinajstić information content (AvgIpc) is 2.67. The van der Waals surface area contributed by atoms with E-state index in [1.54, 1.807) is 6.26 Å². The summed E-state index contributed by atoms with van der Waals surface area (Å²) in [5, 5.41) is 3.44. The second-order valence-corrected chi connectivity index (χ2v) is 4.43. The lowest BCUT2D eigenvalue weighted by molar-refractivity contribution is 0.441. The molecule has 0 amide bonds. The smallest absolute Gasteiger partial charge is 0.105 e. The summed E-state index contributed by atoms with van der Waals surface area (Å²) in [4.78, 5) is 0. The van der Waals surface area contributed by atoms with Crippen molar-refractivity contribution in [1.29, 1.82) is 0 Å². The molecular weight excluding hydrogens is 176 g/mol. The van der Waals surface area contributed by atoms with Gasteiger partial charge in [-0.1, -0.05) is 0 Å². The number of nitrogens with one attached hydrogen (secondary N) is 1. The molecule has 0 spiro atoms. The third kappa shape index (κ3) is 2.59. The Morgan fingerprint density at radius 3 is 3.00 bits per heavy atom. The first-order valence-corrected chi connectivity index (χ1v) is 5.23. The Bertz CT molecular complexity index is 277. The monoisotopic (exact) mass is 194 g/mol. The molecule has 1 heterocycles. The Kier molecular flexibility index (Phi) is 2.61. The van der Waals surface area contributed by atoms with Crippen molar-refractivity contribution < 1.29 is 4.42 Å². The van der Waals surface area contributed by atoms with Gasteiger partial charge in [0.2, 0.25) is 0 Å². The Labute approximate surface area is 84.7 Å². The quantitative estimate of drug-likeness (QED) is 0.742. The highest BCUT2D eigenvalue weighted by Crippen LogP contribution is 2.31. The van der Waals surface area contributed by atoms with E-state index in [1.807, 2.05) is 12.1 Å². The van der Waals surface area contributed by atoms with Crippen molar-refractivity contribution in [1.82, 2.24) is 5.32 Å². The Balaban J connectivity index is 1.71. The minimum atomic E-state index is 0.0947. The minimum absolute atomic E-state index is 0.0947. The molecule has 0 aromatic carbocycles. The lowest BCUT2D eigenvalue weighted by Gasteiger charge is -2.15. The molecule has 1 atom stereocenters. The van der Waals surface area contributed by atoms with Gasteiger partial charge in [0, 0.05) is 24.5 Å². The molecule has 0 bridgehead atoms. The van der Waals surface area contributed by atoms with Crippen molar-refractivity contribution in [2.24, 2.45) is 5.73 Å². The second-order valence-electron chi connectivity index (χ2n) is 4.43. The van der Waals surface area contributed by atoms with Gasteiger partial charge in [-0.15, -0.1) is 0 Å². The molecule has 1 fully saturated rings. The molecule has 1 aliphatic rings. The van der Waals surface area contributed by atoms with Gasteiger partial charge >= 0.3 is 0 Å². The van der Waals surface area contributed by atoms with Crippen LogP contribution in [0.4, 0.5) is 0 Å². The van der Waals surface area contributed by atoms with Gasteiger partial charge in [-0.3, -0.25) is 0 Å².